The van der Waals surface area contributed by atoms with Crippen LogP contribution < -0.4 is 5.32 Å². The number of hydrogen-bond acceptors (Lipinski definition) is 3. The van der Waals surface area contributed by atoms with Gasteiger partial charge in [-0.3, -0.25) is 4.98 Å². The van der Waals surface area contributed by atoms with Gasteiger partial charge < -0.3 is 5.32 Å². The number of nitrogens with zero attached hydrogens (tertiary/aromatic N) is 2. The highest BCUT2D eigenvalue weighted by molar-refractivity contribution is 5.55. The van der Waals surface area contributed by atoms with Gasteiger partial charge in [0.25, 0.3) is 0 Å². The minimum Gasteiger partial charge on any atom is -0.339 e. The fourth-order valence-corrected chi connectivity index (χ4v) is 1.28. The third kappa shape index (κ3) is 2.31. The molecule has 0 bridgehead atoms. The van der Waals surface area contributed by atoms with E-state index in [1.54, 1.807) is 12.4 Å². The molecule has 2 aromatic heterocycles. The topological polar surface area (TPSA) is 37.8 Å². The second kappa shape index (κ2) is 4.09. The van der Waals surface area contributed by atoms with E-state index in [0.717, 1.165) is 11.5 Å². The maximum Gasteiger partial charge on any atom is 0.130 e. The van der Waals surface area contributed by atoms with Crippen LogP contribution in [0.25, 0.3) is 0 Å². The zero-order valence-electron chi connectivity index (χ0n) is 8.86. The Kier molecular flexibility index (Phi) is 2.63. The van der Waals surface area contributed by atoms with Crippen LogP contribution in [0.2, 0.25) is 0 Å². The van der Waals surface area contributed by atoms with Crippen LogP contribution in [0, 0.1) is 13.8 Å². The highest BCUT2D eigenvalue weighted by atomic mass is 15.0. The molecule has 0 fully saturated rings. The van der Waals surface area contributed by atoms with Crippen LogP contribution in [0.5, 0.6) is 0 Å². The monoisotopic (exact) mass is 199 g/mol. The Labute approximate surface area is 89.2 Å². The quantitative estimate of drug-likeness (QED) is 0.808. The van der Waals surface area contributed by atoms with Crippen molar-refractivity contribution in [3.05, 3.63) is 47.9 Å². The first-order valence-corrected chi connectivity index (χ1v) is 4.86. The highest BCUT2D eigenvalue weighted by Gasteiger charge is 1.98. The molecule has 3 nitrogen and oxygen atoms in total. The van der Waals surface area contributed by atoms with Crippen molar-refractivity contribution in [3.8, 4) is 0 Å². The fraction of sp³-hybridized carbons (Fsp3) is 0.167. The second-order valence-electron chi connectivity index (χ2n) is 3.52. The molecule has 0 radical (unpaired) electrons. The average molecular weight is 199 g/mol. The number of aromatic nitrogens is 2. The van der Waals surface area contributed by atoms with Gasteiger partial charge in [0.05, 0.1) is 11.9 Å². The molecule has 0 atom stereocenters. The fourth-order valence-electron chi connectivity index (χ4n) is 1.28. The van der Waals surface area contributed by atoms with Crippen molar-refractivity contribution in [2.75, 3.05) is 5.32 Å². The molecule has 0 unspecified atom stereocenters. The number of hydrogen-bond donors (Lipinski definition) is 1. The maximum atomic E-state index is 4.30. The molecule has 2 aromatic rings. The van der Waals surface area contributed by atoms with Crippen LogP contribution >= 0.6 is 0 Å². The Morgan fingerprint density at radius 3 is 2.67 bits per heavy atom. The van der Waals surface area contributed by atoms with Crippen molar-refractivity contribution in [2.45, 2.75) is 13.8 Å². The summed E-state index contributed by atoms with van der Waals surface area (Å²) in [5.41, 5.74) is 3.39. The predicted molar refractivity (Wildman–Crippen MR) is 61.2 cm³/mol. The van der Waals surface area contributed by atoms with E-state index in [0.29, 0.717) is 0 Å². The van der Waals surface area contributed by atoms with Crippen molar-refractivity contribution in [1.29, 1.82) is 0 Å². The summed E-state index contributed by atoms with van der Waals surface area (Å²) in [5.74, 6) is 0.853. The highest BCUT2D eigenvalue weighted by Crippen LogP contribution is 2.15. The molecule has 0 aliphatic carbocycles. The minimum absolute atomic E-state index is 0.853. The van der Waals surface area contributed by atoms with Crippen LogP contribution in [-0.4, -0.2) is 9.97 Å². The van der Waals surface area contributed by atoms with Gasteiger partial charge in [-0.25, -0.2) is 4.98 Å². The van der Waals surface area contributed by atoms with E-state index in [9.17, 15) is 0 Å². The summed E-state index contributed by atoms with van der Waals surface area (Å²) >= 11 is 0. The van der Waals surface area contributed by atoms with E-state index in [1.165, 1.54) is 11.1 Å². The zero-order chi connectivity index (χ0) is 10.7. The van der Waals surface area contributed by atoms with E-state index in [1.807, 2.05) is 24.4 Å². The third-order valence-electron chi connectivity index (χ3n) is 2.31. The SMILES string of the molecule is Cc1cnc(Nc2cccnc2)cc1C. The normalized spacial score (nSPS) is 10.0. The molecule has 0 aliphatic rings. The van der Waals surface area contributed by atoms with E-state index in [2.05, 4.69) is 29.1 Å². The standard InChI is InChI=1S/C12H13N3/c1-9-6-12(14-7-10(9)2)15-11-4-3-5-13-8-11/h3-8H,1-2H3,(H,14,15). The Morgan fingerprint density at radius 1 is 1.13 bits per heavy atom. The van der Waals surface area contributed by atoms with Crippen LogP contribution in [0.4, 0.5) is 11.5 Å². The van der Waals surface area contributed by atoms with Crippen molar-refractivity contribution >= 4 is 11.5 Å². The van der Waals surface area contributed by atoms with Crippen LogP contribution in [0.3, 0.4) is 0 Å². The van der Waals surface area contributed by atoms with Gasteiger partial charge in [-0.2, -0.15) is 0 Å². The zero-order valence-corrected chi connectivity index (χ0v) is 8.86. The number of anilines is 2. The molecule has 1 N–H and O–H groups in total. The van der Waals surface area contributed by atoms with E-state index >= 15 is 0 Å². The molecule has 0 saturated carbocycles. The van der Waals surface area contributed by atoms with Gasteiger partial charge >= 0.3 is 0 Å². The third-order valence-corrected chi connectivity index (χ3v) is 2.31. The Morgan fingerprint density at radius 2 is 2.00 bits per heavy atom. The molecule has 0 amide bonds. The molecular weight excluding hydrogens is 186 g/mol. The molecule has 76 valence electrons. The van der Waals surface area contributed by atoms with Gasteiger partial charge in [0.15, 0.2) is 0 Å². The molecule has 3 heteroatoms. The van der Waals surface area contributed by atoms with Crippen molar-refractivity contribution in [1.82, 2.24) is 9.97 Å². The molecule has 0 spiro atoms. The molecule has 15 heavy (non-hydrogen) atoms. The average Bonchev–Trinajstić information content (AvgIpc) is 2.25. The lowest BCUT2D eigenvalue weighted by molar-refractivity contribution is 1.21. The molecule has 0 aliphatic heterocycles. The van der Waals surface area contributed by atoms with Crippen molar-refractivity contribution < 1.29 is 0 Å². The number of aryl methyl sites for hydroxylation is 2. The Balaban J connectivity index is 2.22. The number of nitrogens with one attached hydrogen (secondary N) is 1. The van der Waals surface area contributed by atoms with Crippen molar-refractivity contribution in [2.24, 2.45) is 0 Å². The molecule has 0 aromatic carbocycles. The van der Waals surface area contributed by atoms with Gasteiger partial charge in [-0.1, -0.05) is 0 Å². The van der Waals surface area contributed by atoms with Crippen LogP contribution in [0.15, 0.2) is 36.8 Å². The summed E-state index contributed by atoms with van der Waals surface area (Å²) in [6.45, 7) is 4.13. The molecule has 0 saturated heterocycles. The summed E-state index contributed by atoms with van der Waals surface area (Å²) in [7, 11) is 0. The second-order valence-corrected chi connectivity index (χ2v) is 3.52. The van der Waals surface area contributed by atoms with Gasteiger partial charge in [-0.05, 0) is 43.2 Å². The lowest BCUT2D eigenvalue weighted by atomic mass is 10.2. The van der Waals surface area contributed by atoms with Gasteiger partial charge in [0.2, 0.25) is 0 Å². The summed E-state index contributed by atoms with van der Waals surface area (Å²) < 4.78 is 0. The molecule has 2 heterocycles. The largest absolute Gasteiger partial charge is 0.339 e. The lowest BCUT2D eigenvalue weighted by Crippen LogP contribution is -1.95. The summed E-state index contributed by atoms with van der Waals surface area (Å²) in [6, 6.07) is 5.88. The Bertz CT molecular complexity index is 452. The summed E-state index contributed by atoms with van der Waals surface area (Å²) in [5, 5.41) is 3.20. The lowest BCUT2D eigenvalue weighted by Gasteiger charge is -2.06. The Hall–Kier alpha value is -1.90. The summed E-state index contributed by atoms with van der Waals surface area (Å²) in [6.07, 6.45) is 5.39. The van der Waals surface area contributed by atoms with E-state index in [-0.39, 0.29) is 0 Å². The van der Waals surface area contributed by atoms with Crippen LogP contribution in [-0.2, 0) is 0 Å². The maximum absolute atomic E-state index is 4.30. The van der Waals surface area contributed by atoms with Gasteiger partial charge in [-0.15, -0.1) is 0 Å². The molecule has 2 rings (SSSR count). The smallest absolute Gasteiger partial charge is 0.130 e. The minimum atomic E-state index is 0.853. The van der Waals surface area contributed by atoms with E-state index < -0.39 is 0 Å². The first-order chi connectivity index (χ1) is 7.25. The van der Waals surface area contributed by atoms with Crippen molar-refractivity contribution in [3.63, 3.8) is 0 Å². The first kappa shape index (κ1) is 9.65. The predicted octanol–water partition coefficient (Wildman–Crippen LogP) is 2.84. The van der Waals surface area contributed by atoms with Gasteiger partial charge in [0.1, 0.15) is 5.82 Å². The first-order valence-electron chi connectivity index (χ1n) is 4.86. The number of rotatable bonds is 2. The van der Waals surface area contributed by atoms with Gasteiger partial charge in [0, 0.05) is 12.4 Å². The number of pyridine rings is 2. The van der Waals surface area contributed by atoms with Crippen LogP contribution in [0.1, 0.15) is 11.1 Å². The van der Waals surface area contributed by atoms with E-state index in [4.69, 9.17) is 0 Å². The summed E-state index contributed by atoms with van der Waals surface area (Å²) in [4.78, 5) is 8.33. The molecular formula is C12H13N3.